The molecule has 1 aromatic heterocycles. The number of fused-ring (bicyclic) bond motifs is 1. The molecular weight excluding hydrogens is 577 g/mol. The molecule has 0 spiro atoms. The Morgan fingerprint density at radius 1 is 1.26 bits per heavy atom. The number of halogens is 1. The number of hydrogen-bond donors (Lipinski definition) is 1. The van der Waals surface area contributed by atoms with E-state index in [4.69, 9.17) is 25.7 Å². The predicted octanol–water partition coefficient (Wildman–Crippen LogP) is 6.90. The molecule has 0 amide bonds. The number of ether oxygens (including phenoxy) is 1. The van der Waals surface area contributed by atoms with Gasteiger partial charge >= 0.3 is 7.41 Å². The molecule has 1 aliphatic rings. The molecule has 2 heterocycles. The first kappa shape index (κ1) is 32.7. The smallest absolute Gasteiger partial charge is 0.329 e. The van der Waals surface area contributed by atoms with Crippen LogP contribution in [0.4, 0.5) is 17.3 Å². The highest BCUT2D eigenvalue weighted by atomic mass is 35.5. The maximum atomic E-state index is 11.6. The fourth-order valence-electron chi connectivity index (χ4n) is 5.05. The summed E-state index contributed by atoms with van der Waals surface area (Å²) in [7, 11) is 1.14. The Morgan fingerprint density at radius 3 is 2.70 bits per heavy atom. The number of carbonyl (C=O) groups excluding carboxylic acids is 1. The lowest BCUT2D eigenvalue weighted by atomic mass is 9.83. The monoisotopic (exact) mass is 616 g/mol. The number of aromatic nitrogens is 2. The summed E-state index contributed by atoms with van der Waals surface area (Å²) in [5, 5.41) is 14.2. The highest BCUT2D eigenvalue weighted by Gasteiger charge is 2.44. The van der Waals surface area contributed by atoms with E-state index in [0.29, 0.717) is 42.0 Å². The first-order valence-corrected chi connectivity index (χ1v) is 17.8. The van der Waals surface area contributed by atoms with Gasteiger partial charge in [-0.1, -0.05) is 45.4 Å². The van der Waals surface area contributed by atoms with Crippen LogP contribution >= 0.6 is 11.6 Å². The summed E-state index contributed by atoms with van der Waals surface area (Å²) in [6.07, 6.45) is 4.15. The van der Waals surface area contributed by atoms with Crippen LogP contribution in [0.3, 0.4) is 0 Å². The fourth-order valence-corrected chi connectivity index (χ4v) is 6.33. The summed E-state index contributed by atoms with van der Waals surface area (Å²) < 4.78 is 11.9. The van der Waals surface area contributed by atoms with Crippen molar-refractivity contribution >= 4 is 50.8 Å². The van der Waals surface area contributed by atoms with Crippen molar-refractivity contribution in [3.8, 4) is 17.3 Å². The summed E-state index contributed by atoms with van der Waals surface area (Å²) in [4.78, 5) is 22.7. The molecule has 0 fully saturated rings. The lowest BCUT2D eigenvalue weighted by molar-refractivity contribution is 0.195. The predicted molar refractivity (Wildman–Crippen MR) is 177 cm³/mol. The molecule has 0 saturated heterocycles. The molecule has 1 radical (unpaired) electrons. The van der Waals surface area contributed by atoms with E-state index >= 15 is 0 Å². The minimum absolute atomic E-state index is 0.0516. The Morgan fingerprint density at radius 2 is 2.02 bits per heavy atom. The van der Waals surface area contributed by atoms with Crippen LogP contribution in [0.2, 0.25) is 23.2 Å². The van der Waals surface area contributed by atoms with Crippen molar-refractivity contribution in [1.29, 1.82) is 5.26 Å². The van der Waals surface area contributed by atoms with Gasteiger partial charge in [0.25, 0.3) is 0 Å². The molecule has 43 heavy (non-hydrogen) atoms. The topological polar surface area (TPSA) is 100 Å². The largest absolute Gasteiger partial charge is 0.416 e. The van der Waals surface area contributed by atoms with Crippen LogP contribution in [0.5, 0.6) is 0 Å². The van der Waals surface area contributed by atoms with Gasteiger partial charge in [-0.3, -0.25) is 0 Å². The van der Waals surface area contributed by atoms with Crippen LogP contribution in [-0.2, 0) is 25.8 Å². The number of nitrogens with one attached hydrogen (secondary N) is 1. The second kappa shape index (κ2) is 13.2. The van der Waals surface area contributed by atoms with Gasteiger partial charge in [-0.25, -0.2) is 9.97 Å². The summed E-state index contributed by atoms with van der Waals surface area (Å²) in [6.45, 7) is 14.9. The van der Waals surface area contributed by atoms with Crippen molar-refractivity contribution in [3.05, 3.63) is 64.3 Å². The van der Waals surface area contributed by atoms with Gasteiger partial charge in [0.1, 0.15) is 12.3 Å². The van der Waals surface area contributed by atoms with Crippen LogP contribution in [0, 0.1) is 11.3 Å². The van der Waals surface area contributed by atoms with Crippen molar-refractivity contribution in [2.24, 2.45) is 0 Å². The summed E-state index contributed by atoms with van der Waals surface area (Å²) in [6, 6.07) is 13.8. The van der Waals surface area contributed by atoms with Crippen molar-refractivity contribution < 1.29 is 14.0 Å². The van der Waals surface area contributed by atoms with Crippen molar-refractivity contribution in [2.45, 2.75) is 64.1 Å². The number of carbonyl (C=O) groups is 1. The fraction of sp³-hybridized carbons (Fsp3) is 0.438. The van der Waals surface area contributed by atoms with E-state index in [1.165, 1.54) is 7.41 Å². The standard InChI is InChI=1S/C32H40BClN5O3Si/c1-31(2,3)43(6,7)42-20-32(4)19-39(33-21-40)29-24(18-35)15-23(16-26(29)32)27-12-13-36-30(37-27)38-28-17-25(34)11-10-22(28)9-8-14-41-5/h10-13,15-17,21H,8-9,14,19-20H2,1-7H3,(H,36,37,38)/t32-/m1/s1. The van der Waals surface area contributed by atoms with Gasteiger partial charge in [0, 0.05) is 60.4 Å². The molecule has 2 aromatic carbocycles. The lowest BCUT2D eigenvalue weighted by Gasteiger charge is -2.39. The normalized spacial score (nSPS) is 16.5. The second-order valence-corrected chi connectivity index (χ2v) is 18.1. The molecular formula is C32H40BClN5O3Si. The van der Waals surface area contributed by atoms with Gasteiger partial charge in [-0.2, -0.15) is 5.26 Å². The SMILES string of the molecule is COCCCc1ccc(Cl)cc1Nc1nccc(-c2cc(C#N)c3c(c2)[C@@](C)(CO[Si](C)(C)C(C)(C)C)CN3[B]C=O)n1. The molecule has 4 rings (SSSR count). The van der Waals surface area contributed by atoms with E-state index in [-0.39, 0.29) is 5.04 Å². The number of rotatable bonds is 12. The van der Waals surface area contributed by atoms with Gasteiger partial charge in [0.15, 0.2) is 8.32 Å². The first-order chi connectivity index (χ1) is 20.3. The zero-order valence-corrected chi connectivity index (χ0v) is 27.9. The van der Waals surface area contributed by atoms with Crippen LogP contribution in [0.25, 0.3) is 11.3 Å². The molecule has 0 bridgehead atoms. The van der Waals surface area contributed by atoms with Gasteiger partial charge in [0.05, 0.1) is 11.3 Å². The molecule has 1 atom stereocenters. The number of benzene rings is 2. The number of methoxy groups -OCH3 is 1. The minimum atomic E-state index is -2.05. The van der Waals surface area contributed by atoms with Gasteiger partial charge in [0.2, 0.25) is 5.95 Å². The average molecular weight is 617 g/mol. The Labute approximate surface area is 262 Å². The molecule has 0 unspecified atom stereocenters. The molecule has 3 aromatic rings. The van der Waals surface area contributed by atoms with Crippen LogP contribution in [0.1, 0.15) is 50.8 Å². The third kappa shape index (κ3) is 7.30. The number of anilines is 3. The Kier molecular flexibility index (Phi) is 10.0. The maximum Gasteiger partial charge on any atom is 0.329 e. The highest BCUT2D eigenvalue weighted by molar-refractivity contribution is 6.74. The van der Waals surface area contributed by atoms with E-state index < -0.39 is 13.7 Å². The van der Waals surface area contributed by atoms with E-state index in [9.17, 15) is 10.1 Å². The molecule has 1 aliphatic heterocycles. The Bertz CT molecular complexity index is 1520. The van der Waals surface area contributed by atoms with Gasteiger partial charge in [-0.15, -0.1) is 0 Å². The van der Waals surface area contributed by atoms with E-state index in [2.05, 4.69) is 63.2 Å². The van der Waals surface area contributed by atoms with E-state index in [1.54, 1.807) is 13.3 Å². The number of hydrogen-bond acceptors (Lipinski definition) is 8. The molecule has 8 nitrogen and oxygen atoms in total. The molecule has 11 heteroatoms. The van der Waals surface area contributed by atoms with E-state index in [0.717, 1.165) is 47.1 Å². The van der Waals surface area contributed by atoms with Crippen LogP contribution < -0.4 is 10.1 Å². The average Bonchev–Trinajstić information content (AvgIpc) is 3.24. The molecule has 0 saturated carbocycles. The zero-order chi connectivity index (χ0) is 31.4. The van der Waals surface area contributed by atoms with Crippen molar-refractivity contribution in [2.75, 3.05) is 37.0 Å². The summed E-state index contributed by atoms with van der Waals surface area (Å²) in [5.41, 5.74) is 5.12. The number of nitriles is 1. The summed E-state index contributed by atoms with van der Waals surface area (Å²) in [5.74, 6) is 0.423. The molecule has 0 aliphatic carbocycles. The Balaban J connectivity index is 1.72. The number of aryl methyl sites for hydroxylation is 1. The second-order valence-electron chi connectivity index (χ2n) is 12.8. The summed E-state index contributed by atoms with van der Waals surface area (Å²) >= 11 is 6.33. The minimum Gasteiger partial charge on any atom is -0.416 e. The third-order valence-corrected chi connectivity index (χ3v) is 13.3. The Hall–Kier alpha value is -3.23. The van der Waals surface area contributed by atoms with E-state index in [1.807, 2.05) is 35.1 Å². The van der Waals surface area contributed by atoms with Crippen LogP contribution in [-0.4, -0.2) is 58.8 Å². The van der Waals surface area contributed by atoms with Gasteiger partial charge < -0.3 is 24.1 Å². The lowest BCUT2D eigenvalue weighted by Crippen LogP contribution is -2.46. The van der Waals surface area contributed by atoms with Crippen molar-refractivity contribution in [3.63, 3.8) is 0 Å². The molecule has 1 N–H and O–H groups in total. The number of nitrogens with zero attached hydrogens (tertiary/aromatic N) is 4. The van der Waals surface area contributed by atoms with Gasteiger partial charge in [-0.05, 0) is 72.4 Å². The first-order valence-electron chi connectivity index (χ1n) is 14.5. The third-order valence-electron chi connectivity index (χ3n) is 8.55. The molecule has 225 valence electrons. The highest BCUT2D eigenvalue weighted by Crippen LogP contribution is 2.46. The zero-order valence-electron chi connectivity index (χ0n) is 26.1. The maximum absolute atomic E-state index is 11.6. The quantitative estimate of drug-likeness (QED) is 0.133. The van der Waals surface area contributed by atoms with Crippen LogP contribution in [0.15, 0.2) is 42.6 Å². The van der Waals surface area contributed by atoms with Crippen molar-refractivity contribution in [1.82, 2.24) is 9.97 Å².